The lowest BCUT2D eigenvalue weighted by Gasteiger charge is -2.20. The molecule has 1 N–H and O–H groups in total. The summed E-state index contributed by atoms with van der Waals surface area (Å²) < 4.78 is 16.7. The molecule has 1 aliphatic heterocycles. The molecule has 0 saturated carbocycles. The lowest BCUT2D eigenvalue weighted by atomic mass is 10.1. The van der Waals surface area contributed by atoms with Crippen molar-refractivity contribution in [1.29, 1.82) is 0 Å². The van der Waals surface area contributed by atoms with Gasteiger partial charge >= 0.3 is 6.03 Å². The Bertz CT molecular complexity index is 796. The number of benzene rings is 1. The Kier molecular flexibility index (Phi) is 5.06. The number of amides is 2. The van der Waals surface area contributed by atoms with Crippen molar-refractivity contribution in [3.05, 3.63) is 34.7 Å². The molecule has 0 fully saturated rings. The minimum atomic E-state index is -0.239. The summed E-state index contributed by atoms with van der Waals surface area (Å²) >= 11 is 0. The van der Waals surface area contributed by atoms with Crippen molar-refractivity contribution >= 4 is 11.7 Å². The molecule has 3 rings (SSSR count). The lowest BCUT2D eigenvalue weighted by molar-refractivity contribution is 0.220. The highest BCUT2D eigenvalue weighted by Gasteiger charge is 2.23. The van der Waals surface area contributed by atoms with E-state index >= 15 is 0 Å². The van der Waals surface area contributed by atoms with Crippen LogP contribution in [0.25, 0.3) is 0 Å². The summed E-state index contributed by atoms with van der Waals surface area (Å²) in [6.45, 7) is 8.58. The Morgan fingerprint density at radius 2 is 2.19 bits per heavy atom. The van der Waals surface area contributed by atoms with E-state index < -0.39 is 0 Å². The largest absolute Gasteiger partial charge is 0.492 e. The van der Waals surface area contributed by atoms with Gasteiger partial charge in [-0.1, -0.05) is 5.16 Å². The third-order valence-corrected chi connectivity index (χ3v) is 4.46. The normalized spacial score (nSPS) is 15.3. The third-order valence-electron chi connectivity index (χ3n) is 4.46. The van der Waals surface area contributed by atoms with Crippen molar-refractivity contribution in [2.24, 2.45) is 0 Å². The number of carbonyl (C=O) groups excluding carboxylic acids is 1. The molecule has 7 nitrogen and oxygen atoms in total. The summed E-state index contributed by atoms with van der Waals surface area (Å²) in [6.07, 6.45) is 0.975. The zero-order chi connectivity index (χ0) is 18.8. The van der Waals surface area contributed by atoms with E-state index in [-0.39, 0.29) is 12.1 Å². The van der Waals surface area contributed by atoms with Crippen LogP contribution in [0, 0.1) is 13.8 Å². The van der Waals surface area contributed by atoms with Crippen LogP contribution in [0.4, 0.5) is 10.5 Å². The van der Waals surface area contributed by atoms with Gasteiger partial charge in [-0.15, -0.1) is 0 Å². The molecule has 0 bridgehead atoms. The number of nitrogens with one attached hydrogen (secondary N) is 1. The van der Waals surface area contributed by atoms with E-state index in [4.69, 9.17) is 14.0 Å². The predicted molar refractivity (Wildman–Crippen MR) is 97.9 cm³/mol. The first-order valence-corrected chi connectivity index (χ1v) is 8.79. The Balaban J connectivity index is 1.77. The summed E-state index contributed by atoms with van der Waals surface area (Å²) in [7, 11) is 1.73. The van der Waals surface area contributed by atoms with Crippen LogP contribution in [0.3, 0.4) is 0 Å². The molecule has 0 spiro atoms. The number of carbonyl (C=O) groups is 1. The average molecular weight is 359 g/mol. The predicted octanol–water partition coefficient (Wildman–Crippen LogP) is 3.68. The number of rotatable bonds is 5. The fourth-order valence-electron chi connectivity index (χ4n) is 3.06. The molecule has 1 aromatic carbocycles. The Hall–Kier alpha value is -2.70. The Morgan fingerprint density at radius 1 is 1.42 bits per heavy atom. The number of ether oxygens (including phenoxy) is 2. The number of aryl methyl sites for hydroxylation is 2. The number of anilines is 1. The van der Waals surface area contributed by atoms with Gasteiger partial charge in [0.05, 0.1) is 24.5 Å². The van der Waals surface area contributed by atoms with Gasteiger partial charge in [0.25, 0.3) is 0 Å². The van der Waals surface area contributed by atoms with Crippen molar-refractivity contribution in [3.8, 4) is 11.5 Å². The van der Waals surface area contributed by atoms with Gasteiger partial charge < -0.3 is 24.2 Å². The van der Waals surface area contributed by atoms with Gasteiger partial charge in [0.2, 0.25) is 0 Å². The highest BCUT2D eigenvalue weighted by atomic mass is 16.5. The summed E-state index contributed by atoms with van der Waals surface area (Å²) in [4.78, 5) is 14.2. The molecule has 1 atom stereocenters. The maximum Gasteiger partial charge on any atom is 0.321 e. The molecular formula is C19H25N3O4. The molecule has 1 unspecified atom stereocenters. The van der Waals surface area contributed by atoms with Gasteiger partial charge in [-0.05, 0) is 33.8 Å². The molecule has 0 aliphatic carbocycles. The summed E-state index contributed by atoms with van der Waals surface area (Å²) in [5.74, 6) is 2.17. The van der Waals surface area contributed by atoms with E-state index in [9.17, 15) is 4.79 Å². The highest BCUT2D eigenvalue weighted by Crippen LogP contribution is 2.38. The fraction of sp³-hybridized carbons (Fsp3) is 0.474. The monoisotopic (exact) mass is 359 g/mol. The van der Waals surface area contributed by atoms with Crippen LogP contribution in [0.1, 0.15) is 36.4 Å². The van der Waals surface area contributed by atoms with Crippen molar-refractivity contribution in [3.63, 3.8) is 0 Å². The number of urea groups is 1. The van der Waals surface area contributed by atoms with E-state index in [1.54, 1.807) is 11.9 Å². The molecular weight excluding hydrogens is 334 g/mol. The van der Waals surface area contributed by atoms with E-state index in [1.807, 2.05) is 39.8 Å². The fourth-order valence-corrected chi connectivity index (χ4v) is 3.06. The second kappa shape index (κ2) is 7.27. The first-order chi connectivity index (χ1) is 12.4. The Morgan fingerprint density at radius 3 is 2.85 bits per heavy atom. The van der Waals surface area contributed by atoms with E-state index in [0.717, 1.165) is 34.8 Å². The van der Waals surface area contributed by atoms with Gasteiger partial charge in [-0.25, -0.2) is 4.79 Å². The number of hydrogen-bond acceptors (Lipinski definition) is 5. The van der Waals surface area contributed by atoms with Crippen LogP contribution in [-0.2, 0) is 13.0 Å². The first kappa shape index (κ1) is 18.1. The van der Waals surface area contributed by atoms with Crippen LogP contribution in [-0.4, -0.2) is 35.8 Å². The average Bonchev–Trinajstić information content (AvgIpc) is 3.10. The number of hydrogen-bond donors (Lipinski definition) is 1. The van der Waals surface area contributed by atoms with Crippen LogP contribution >= 0.6 is 0 Å². The minimum absolute atomic E-state index is 0.132. The minimum Gasteiger partial charge on any atom is -0.492 e. The molecule has 2 amide bonds. The van der Waals surface area contributed by atoms with E-state index in [1.165, 1.54) is 0 Å². The van der Waals surface area contributed by atoms with Crippen molar-refractivity contribution < 1.29 is 18.8 Å². The van der Waals surface area contributed by atoms with E-state index in [2.05, 4.69) is 10.5 Å². The maximum atomic E-state index is 12.6. The molecule has 7 heteroatoms. The summed E-state index contributed by atoms with van der Waals surface area (Å²) in [5, 5.41) is 6.85. The highest BCUT2D eigenvalue weighted by molar-refractivity contribution is 5.91. The quantitative estimate of drug-likeness (QED) is 0.881. The van der Waals surface area contributed by atoms with Crippen molar-refractivity contribution in [2.45, 2.75) is 46.8 Å². The topological polar surface area (TPSA) is 76.8 Å². The van der Waals surface area contributed by atoms with Crippen LogP contribution < -0.4 is 14.8 Å². The molecule has 140 valence electrons. The molecule has 26 heavy (non-hydrogen) atoms. The zero-order valence-corrected chi connectivity index (χ0v) is 15.9. The SMILES string of the molecule is CCOc1cc2c(cc1NC(=O)N(C)Cc1c(C)noc1C)OC(C)C2. The van der Waals surface area contributed by atoms with Crippen LogP contribution in [0.15, 0.2) is 16.7 Å². The van der Waals surface area contributed by atoms with Gasteiger partial charge in [0.15, 0.2) is 0 Å². The molecule has 2 aromatic rings. The molecule has 1 aliphatic rings. The smallest absolute Gasteiger partial charge is 0.321 e. The van der Waals surface area contributed by atoms with Crippen LogP contribution in [0.2, 0.25) is 0 Å². The number of fused-ring (bicyclic) bond motifs is 1. The molecule has 1 aromatic heterocycles. The summed E-state index contributed by atoms with van der Waals surface area (Å²) in [5.41, 5.74) is 3.41. The van der Waals surface area contributed by atoms with Gasteiger partial charge in [-0.2, -0.15) is 0 Å². The molecule has 2 heterocycles. The third kappa shape index (κ3) is 3.61. The van der Waals surface area contributed by atoms with Crippen molar-refractivity contribution in [1.82, 2.24) is 10.1 Å². The second-order valence-electron chi connectivity index (χ2n) is 6.61. The maximum absolute atomic E-state index is 12.6. The standard InChI is InChI=1S/C19H25N3O4/c1-6-24-18-8-14-7-11(2)25-17(14)9-16(18)20-19(23)22(5)10-15-12(3)21-26-13(15)4/h8-9,11H,6-7,10H2,1-5H3,(H,20,23). The van der Waals surface area contributed by atoms with Crippen LogP contribution in [0.5, 0.6) is 11.5 Å². The zero-order valence-electron chi connectivity index (χ0n) is 15.9. The number of aromatic nitrogens is 1. The first-order valence-electron chi connectivity index (χ1n) is 8.79. The number of nitrogens with zero attached hydrogens (tertiary/aromatic N) is 2. The molecule has 0 radical (unpaired) electrons. The van der Waals surface area contributed by atoms with Crippen molar-refractivity contribution in [2.75, 3.05) is 19.0 Å². The lowest BCUT2D eigenvalue weighted by Crippen LogP contribution is -2.31. The summed E-state index contributed by atoms with van der Waals surface area (Å²) in [6, 6.07) is 3.55. The van der Waals surface area contributed by atoms with Gasteiger partial charge in [0, 0.05) is 30.7 Å². The molecule has 0 saturated heterocycles. The Labute approximate surface area is 153 Å². The second-order valence-corrected chi connectivity index (χ2v) is 6.61. The van der Waals surface area contributed by atoms with E-state index in [0.29, 0.717) is 24.6 Å². The van der Waals surface area contributed by atoms with Gasteiger partial charge in [-0.3, -0.25) is 0 Å². The van der Waals surface area contributed by atoms with Gasteiger partial charge in [0.1, 0.15) is 23.4 Å².